The molecule has 100 valence electrons. The Morgan fingerprint density at radius 1 is 0.765 bits per heavy atom. The van der Waals surface area contributed by atoms with E-state index in [-0.39, 0.29) is 11.1 Å². The highest BCUT2D eigenvalue weighted by atomic mass is 28.4. The lowest BCUT2D eigenvalue weighted by molar-refractivity contribution is 0.191. The summed E-state index contributed by atoms with van der Waals surface area (Å²) in [5, 5.41) is 0. The minimum Gasteiger partial charge on any atom is -0.299 e. The maximum Gasteiger partial charge on any atom is 0.372 e. The van der Waals surface area contributed by atoms with Crippen LogP contribution in [0.25, 0.3) is 0 Å². The molecule has 0 aliphatic carbocycles. The van der Waals surface area contributed by atoms with E-state index < -0.39 is 8.72 Å². The fraction of sp³-hybridized carbons (Fsp3) is 1.00. The monoisotopic (exact) mass is 256 g/mol. The minimum atomic E-state index is -1.83. The van der Waals surface area contributed by atoms with E-state index in [0.29, 0.717) is 0 Å². The molecule has 0 aromatic carbocycles. The Kier molecular flexibility index (Phi) is 3.20. The quantitative estimate of drug-likeness (QED) is 0.629. The number of hydrogen-bond donors (Lipinski definition) is 2. The number of nitrogens with one attached hydrogen (secondary N) is 2. The Labute approximate surface area is 107 Å². The van der Waals surface area contributed by atoms with E-state index in [1.54, 1.807) is 0 Å². The van der Waals surface area contributed by atoms with Gasteiger partial charge in [-0.3, -0.25) is 19.1 Å². The second kappa shape index (κ2) is 4.03. The molecule has 0 aromatic rings. The molecule has 2 aliphatic rings. The van der Waals surface area contributed by atoms with Crippen molar-refractivity contribution in [2.45, 2.75) is 52.6 Å². The van der Waals surface area contributed by atoms with E-state index >= 15 is 0 Å². The summed E-state index contributed by atoms with van der Waals surface area (Å²) >= 11 is 0. The van der Waals surface area contributed by atoms with Gasteiger partial charge in [-0.15, -0.1) is 0 Å². The molecule has 2 rings (SSSR count). The summed E-state index contributed by atoms with van der Waals surface area (Å²) in [5.41, 5.74) is 0.465. The van der Waals surface area contributed by atoms with Crippen molar-refractivity contribution in [3.8, 4) is 0 Å². The van der Waals surface area contributed by atoms with Gasteiger partial charge in [0, 0.05) is 37.3 Å². The molecule has 0 aromatic heterocycles. The Balaban J connectivity index is 2.34. The highest BCUT2D eigenvalue weighted by Gasteiger charge is 2.58. The van der Waals surface area contributed by atoms with Crippen molar-refractivity contribution >= 4 is 8.72 Å². The van der Waals surface area contributed by atoms with Crippen molar-refractivity contribution in [3.05, 3.63) is 0 Å². The third-order valence-corrected chi connectivity index (χ3v) is 8.65. The van der Waals surface area contributed by atoms with E-state index in [1.165, 1.54) is 0 Å². The van der Waals surface area contributed by atoms with Gasteiger partial charge in [0.2, 0.25) is 0 Å². The summed E-state index contributed by atoms with van der Waals surface area (Å²) in [4.78, 5) is 7.65. The van der Waals surface area contributed by atoms with Crippen LogP contribution in [0.5, 0.6) is 0 Å². The topological polar surface area (TPSA) is 30.5 Å². The summed E-state index contributed by atoms with van der Waals surface area (Å²) in [6.45, 7) is 18.5. The van der Waals surface area contributed by atoms with Gasteiger partial charge in [0.1, 0.15) is 0 Å². The predicted octanol–water partition coefficient (Wildman–Crippen LogP) is 0.829. The molecule has 4 nitrogen and oxygen atoms in total. The smallest absolute Gasteiger partial charge is 0.299 e. The Morgan fingerprint density at radius 2 is 1.12 bits per heavy atom. The lowest BCUT2D eigenvalue weighted by atomic mass is 10.1. The van der Waals surface area contributed by atoms with Crippen molar-refractivity contribution in [2.75, 3.05) is 26.2 Å². The number of hydrogen-bond acceptors (Lipinski definition) is 4. The van der Waals surface area contributed by atoms with Crippen molar-refractivity contribution < 1.29 is 0 Å². The minimum absolute atomic E-state index is 0.233. The van der Waals surface area contributed by atoms with Crippen LogP contribution in [0.4, 0.5) is 0 Å². The normalized spacial score (nSPS) is 27.2. The van der Waals surface area contributed by atoms with Gasteiger partial charge in [-0.1, -0.05) is 0 Å². The number of nitrogens with zero attached hydrogens (tertiary/aromatic N) is 2. The average molecular weight is 256 g/mol. The van der Waals surface area contributed by atoms with Crippen molar-refractivity contribution in [2.24, 2.45) is 0 Å². The molecule has 17 heavy (non-hydrogen) atoms. The predicted molar refractivity (Wildman–Crippen MR) is 74.7 cm³/mol. The first kappa shape index (κ1) is 13.5. The van der Waals surface area contributed by atoms with Crippen molar-refractivity contribution in [3.63, 3.8) is 0 Å². The highest BCUT2D eigenvalue weighted by molar-refractivity contribution is 6.71. The maximum absolute atomic E-state index is 3.82. The Morgan fingerprint density at radius 3 is 1.41 bits per heavy atom. The van der Waals surface area contributed by atoms with E-state index in [2.05, 4.69) is 60.6 Å². The highest BCUT2D eigenvalue weighted by Crippen LogP contribution is 2.31. The molecular formula is C12H28N4Si. The zero-order valence-electron chi connectivity index (χ0n) is 12.2. The van der Waals surface area contributed by atoms with Crippen LogP contribution in [0.3, 0.4) is 0 Å². The molecule has 0 unspecified atom stereocenters. The first-order valence-electron chi connectivity index (χ1n) is 6.73. The van der Waals surface area contributed by atoms with Gasteiger partial charge in [-0.25, -0.2) is 0 Å². The summed E-state index contributed by atoms with van der Waals surface area (Å²) in [6.07, 6.45) is 0. The van der Waals surface area contributed by atoms with Crippen LogP contribution >= 0.6 is 0 Å². The van der Waals surface area contributed by atoms with E-state index in [4.69, 9.17) is 0 Å². The molecule has 1 spiro atoms. The zero-order valence-corrected chi connectivity index (χ0v) is 13.2. The Bertz CT molecular complexity index is 262. The van der Waals surface area contributed by atoms with Crippen molar-refractivity contribution in [1.29, 1.82) is 0 Å². The third kappa shape index (κ3) is 2.19. The van der Waals surface area contributed by atoms with Gasteiger partial charge >= 0.3 is 8.72 Å². The molecule has 5 heteroatoms. The molecule has 2 heterocycles. The lowest BCUT2D eigenvalue weighted by Crippen LogP contribution is -2.79. The van der Waals surface area contributed by atoms with Crippen LogP contribution in [-0.2, 0) is 0 Å². The standard InChI is InChI=1S/C12H28N4Si/c1-11(2,3)15-9-7-13-17(15)14-8-10-16(17)12(4,5)6/h13-14H,7-10H2,1-6H3. The van der Waals surface area contributed by atoms with Crippen LogP contribution in [-0.4, -0.2) is 55.1 Å². The largest absolute Gasteiger partial charge is 0.372 e. The molecule has 2 saturated heterocycles. The average Bonchev–Trinajstić information content (AvgIpc) is 2.71. The van der Waals surface area contributed by atoms with Gasteiger partial charge in [0.05, 0.1) is 0 Å². The first-order chi connectivity index (χ1) is 7.68. The Hall–Kier alpha value is 0.0569. The second-order valence-electron chi connectivity index (χ2n) is 7.17. The molecular weight excluding hydrogens is 228 g/mol. The van der Waals surface area contributed by atoms with Crippen molar-refractivity contribution in [1.82, 2.24) is 19.1 Å². The molecule has 0 saturated carbocycles. The zero-order chi connectivity index (χ0) is 12.9. The molecule has 2 aliphatic heterocycles. The van der Waals surface area contributed by atoms with Gasteiger partial charge < -0.3 is 0 Å². The summed E-state index contributed by atoms with van der Waals surface area (Å²) in [6, 6.07) is 0. The van der Waals surface area contributed by atoms with Crippen LogP contribution < -0.4 is 9.96 Å². The summed E-state index contributed by atoms with van der Waals surface area (Å²) < 4.78 is 5.39. The fourth-order valence-electron chi connectivity index (χ4n) is 3.24. The van der Waals surface area contributed by atoms with Gasteiger partial charge in [-0.05, 0) is 41.5 Å². The fourth-order valence-corrected chi connectivity index (χ4v) is 8.15. The van der Waals surface area contributed by atoms with Crippen LogP contribution in [0.2, 0.25) is 0 Å². The lowest BCUT2D eigenvalue weighted by Gasteiger charge is -2.49. The second-order valence-corrected chi connectivity index (χ2v) is 10.3. The molecule has 0 atom stereocenters. The van der Waals surface area contributed by atoms with Crippen LogP contribution in [0.1, 0.15) is 41.5 Å². The SMILES string of the molecule is CC(C)(C)N1CCN[Si]12NCCN2C(C)(C)C. The summed E-state index contributed by atoms with van der Waals surface area (Å²) in [5.74, 6) is 0. The summed E-state index contributed by atoms with van der Waals surface area (Å²) in [7, 11) is -1.83. The van der Waals surface area contributed by atoms with E-state index in [9.17, 15) is 0 Å². The molecule has 0 radical (unpaired) electrons. The maximum atomic E-state index is 3.82. The van der Waals surface area contributed by atoms with Gasteiger partial charge in [0.25, 0.3) is 0 Å². The molecule has 0 amide bonds. The molecule has 2 fully saturated rings. The molecule has 2 N–H and O–H groups in total. The number of rotatable bonds is 0. The molecule has 0 bridgehead atoms. The van der Waals surface area contributed by atoms with Gasteiger partial charge in [0.15, 0.2) is 0 Å². The van der Waals surface area contributed by atoms with Crippen LogP contribution in [0.15, 0.2) is 0 Å². The first-order valence-corrected chi connectivity index (χ1v) is 8.63. The third-order valence-electron chi connectivity index (χ3n) is 3.81. The van der Waals surface area contributed by atoms with E-state index in [1.807, 2.05) is 0 Å². The van der Waals surface area contributed by atoms with Crippen LogP contribution in [0, 0.1) is 0 Å². The van der Waals surface area contributed by atoms with Gasteiger partial charge in [-0.2, -0.15) is 0 Å². The van der Waals surface area contributed by atoms with E-state index in [0.717, 1.165) is 26.2 Å².